The molecule has 0 spiro atoms. The molecule has 1 aliphatic carbocycles. The number of hydrogen-bond donors (Lipinski definition) is 2. The van der Waals surface area contributed by atoms with Crippen molar-refractivity contribution in [1.82, 2.24) is 0 Å². The zero-order valence-electron chi connectivity index (χ0n) is 11.9. The summed E-state index contributed by atoms with van der Waals surface area (Å²) < 4.78 is 0. The molecule has 4 rings (SSSR count). The third-order valence-corrected chi connectivity index (χ3v) is 4.63. The first kappa shape index (κ1) is 12.8. The smallest absolute Gasteiger partial charge is 0.0761 e. The maximum Gasteiger partial charge on any atom is 0.0761 e. The predicted molar refractivity (Wildman–Crippen MR) is 87.1 cm³/mol. The van der Waals surface area contributed by atoms with Crippen LogP contribution < -0.4 is 5.73 Å². The molecular formula is C19H19NO. The Kier molecular flexibility index (Phi) is 2.95. The minimum atomic E-state index is -0.436. The van der Waals surface area contributed by atoms with Crippen molar-refractivity contribution in [2.24, 2.45) is 11.7 Å². The van der Waals surface area contributed by atoms with Gasteiger partial charge >= 0.3 is 0 Å². The van der Waals surface area contributed by atoms with Gasteiger partial charge in [0.1, 0.15) is 0 Å². The van der Waals surface area contributed by atoms with Gasteiger partial charge in [-0.05, 0) is 51.9 Å². The molecule has 1 fully saturated rings. The van der Waals surface area contributed by atoms with E-state index in [-0.39, 0.29) is 6.04 Å². The molecule has 106 valence electrons. The van der Waals surface area contributed by atoms with Gasteiger partial charge < -0.3 is 10.8 Å². The van der Waals surface area contributed by atoms with Gasteiger partial charge in [-0.2, -0.15) is 0 Å². The molecule has 0 aliphatic heterocycles. The van der Waals surface area contributed by atoms with Gasteiger partial charge in [-0.1, -0.05) is 48.5 Å². The maximum absolute atomic E-state index is 10.4. The Hall–Kier alpha value is -1.90. The fraction of sp³-hybridized carbons (Fsp3) is 0.263. The van der Waals surface area contributed by atoms with E-state index in [1.807, 2.05) is 12.1 Å². The summed E-state index contributed by atoms with van der Waals surface area (Å²) in [6.45, 7) is 0. The summed E-state index contributed by atoms with van der Waals surface area (Å²) in [4.78, 5) is 0. The molecule has 2 heteroatoms. The number of fused-ring (bicyclic) bond motifs is 3. The van der Waals surface area contributed by atoms with Crippen LogP contribution in [-0.4, -0.2) is 11.2 Å². The fourth-order valence-corrected chi connectivity index (χ4v) is 3.27. The van der Waals surface area contributed by atoms with Gasteiger partial charge in [0, 0.05) is 0 Å². The summed E-state index contributed by atoms with van der Waals surface area (Å²) in [5, 5.41) is 15.2. The monoisotopic (exact) mass is 277 g/mol. The third kappa shape index (κ3) is 2.11. The van der Waals surface area contributed by atoms with Crippen LogP contribution >= 0.6 is 0 Å². The Morgan fingerprint density at radius 2 is 1.52 bits per heavy atom. The Morgan fingerprint density at radius 3 is 2.24 bits per heavy atom. The van der Waals surface area contributed by atoms with Crippen molar-refractivity contribution in [2.75, 3.05) is 0 Å². The zero-order valence-corrected chi connectivity index (χ0v) is 11.9. The topological polar surface area (TPSA) is 46.2 Å². The van der Waals surface area contributed by atoms with E-state index in [1.54, 1.807) is 0 Å². The highest BCUT2D eigenvalue weighted by Crippen LogP contribution is 2.39. The molecule has 2 nitrogen and oxygen atoms in total. The number of aliphatic hydroxyl groups is 1. The van der Waals surface area contributed by atoms with Crippen LogP contribution in [0.25, 0.3) is 21.5 Å². The average Bonchev–Trinajstić information content (AvgIpc) is 3.37. The summed E-state index contributed by atoms with van der Waals surface area (Å²) in [7, 11) is 0. The van der Waals surface area contributed by atoms with Crippen LogP contribution in [0.4, 0.5) is 0 Å². The van der Waals surface area contributed by atoms with Crippen LogP contribution in [0.5, 0.6) is 0 Å². The van der Waals surface area contributed by atoms with E-state index in [1.165, 1.54) is 16.2 Å². The molecule has 0 unspecified atom stereocenters. The number of aliphatic hydroxyl groups excluding tert-OH is 1. The van der Waals surface area contributed by atoms with Gasteiger partial charge in [0.15, 0.2) is 0 Å². The largest absolute Gasteiger partial charge is 0.391 e. The van der Waals surface area contributed by atoms with Gasteiger partial charge in [-0.3, -0.25) is 0 Å². The molecule has 0 radical (unpaired) electrons. The summed E-state index contributed by atoms with van der Waals surface area (Å²) in [6, 6.07) is 18.5. The van der Waals surface area contributed by atoms with E-state index in [0.717, 1.165) is 23.8 Å². The lowest BCUT2D eigenvalue weighted by molar-refractivity contribution is 0.123. The van der Waals surface area contributed by atoms with Crippen molar-refractivity contribution in [3.05, 3.63) is 60.2 Å². The Bertz CT molecular complexity index is 807. The highest BCUT2D eigenvalue weighted by atomic mass is 16.3. The quantitative estimate of drug-likeness (QED) is 0.716. The molecule has 1 aliphatic rings. The Morgan fingerprint density at radius 1 is 0.905 bits per heavy atom. The highest BCUT2D eigenvalue weighted by molar-refractivity contribution is 6.09. The number of nitrogens with two attached hydrogens (primary N) is 1. The molecule has 0 aromatic heterocycles. The molecule has 0 amide bonds. The lowest BCUT2D eigenvalue weighted by atomic mass is 9.90. The van der Waals surface area contributed by atoms with Crippen molar-refractivity contribution in [3.63, 3.8) is 0 Å². The summed E-state index contributed by atoms with van der Waals surface area (Å²) >= 11 is 0. The second kappa shape index (κ2) is 4.83. The summed E-state index contributed by atoms with van der Waals surface area (Å²) in [6.07, 6.45) is 1.76. The third-order valence-electron chi connectivity index (χ3n) is 4.63. The van der Waals surface area contributed by atoms with Crippen LogP contribution in [0, 0.1) is 5.92 Å². The molecule has 0 heterocycles. The van der Waals surface area contributed by atoms with Gasteiger partial charge in [0.2, 0.25) is 0 Å². The van der Waals surface area contributed by atoms with E-state index in [9.17, 15) is 5.11 Å². The lowest BCUT2D eigenvalue weighted by Gasteiger charge is -2.21. The number of hydrogen-bond acceptors (Lipinski definition) is 2. The molecule has 21 heavy (non-hydrogen) atoms. The first-order valence-electron chi connectivity index (χ1n) is 7.60. The van der Waals surface area contributed by atoms with E-state index in [4.69, 9.17) is 5.73 Å². The maximum atomic E-state index is 10.4. The molecule has 1 saturated carbocycles. The second-order valence-corrected chi connectivity index (χ2v) is 6.09. The van der Waals surface area contributed by atoms with Gasteiger partial charge in [-0.15, -0.1) is 0 Å². The van der Waals surface area contributed by atoms with Gasteiger partial charge in [0.05, 0.1) is 12.1 Å². The van der Waals surface area contributed by atoms with Gasteiger partial charge in [-0.25, -0.2) is 0 Å². The molecular weight excluding hydrogens is 258 g/mol. The fourth-order valence-electron chi connectivity index (χ4n) is 3.27. The Balaban J connectivity index is 1.97. The normalized spacial score (nSPS) is 18.0. The van der Waals surface area contributed by atoms with Crippen LogP contribution in [0.15, 0.2) is 54.6 Å². The van der Waals surface area contributed by atoms with Crippen LogP contribution in [0.1, 0.15) is 24.4 Å². The van der Waals surface area contributed by atoms with E-state index < -0.39 is 6.10 Å². The van der Waals surface area contributed by atoms with Crippen molar-refractivity contribution in [3.8, 4) is 0 Å². The molecule has 0 saturated heterocycles. The average molecular weight is 277 g/mol. The lowest BCUT2D eigenvalue weighted by Crippen LogP contribution is -2.28. The second-order valence-electron chi connectivity index (χ2n) is 6.09. The van der Waals surface area contributed by atoms with Crippen molar-refractivity contribution >= 4 is 21.5 Å². The minimum Gasteiger partial charge on any atom is -0.391 e. The van der Waals surface area contributed by atoms with Gasteiger partial charge in [0.25, 0.3) is 0 Å². The van der Waals surface area contributed by atoms with E-state index in [0.29, 0.717) is 5.92 Å². The van der Waals surface area contributed by atoms with Crippen molar-refractivity contribution in [1.29, 1.82) is 0 Å². The van der Waals surface area contributed by atoms with Crippen molar-refractivity contribution < 1.29 is 5.11 Å². The standard InChI is InChI=1S/C19H19NO/c20-18(19(21)12-9-10-12)17-11-13-5-1-2-6-14(13)15-7-3-4-8-16(15)17/h1-8,11-12,18-19,21H,9-10,20H2/t18-,19+/m1/s1. The van der Waals surface area contributed by atoms with Crippen LogP contribution in [0.3, 0.4) is 0 Å². The molecule has 3 N–H and O–H groups in total. The zero-order chi connectivity index (χ0) is 14.4. The molecule has 0 bridgehead atoms. The number of benzene rings is 3. The van der Waals surface area contributed by atoms with Crippen LogP contribution in [0.2, 0.25) is 0 Å². The summed E-state index contributed by atoms with van der Waals surface area (Å²) in [5.74, 6) is 0.380. The molecule has 2 atom stereocenters. The first-order valence-corrected chi connectivity index (χ1v) is 7.60. The number of rotatable bonds is 3. The van der Waals surface area contributed by atoms with E-state index >= 15 is 0 Å². The van der Waals surface area contributed by atoms with Crippen molar-refractivity contribution in [2.45, 2.75) is 25.0 Å². The SMILES string of the molecule is N[C@H](c1cc2ccccc2c2ccccc12)[C@@H](O)C1CC1. The predicted octanol–water partition coefficient (Wildman–Crippen LogP) is 3.76. The first-order chi connectivity index (χ1) is 10.3. The minimum absolute atomic E-state index is 0.313. The van der Waals surface area contributed by atoms with E-state index in [2.05, 4.69) is 42.5 Å². The molecule has 3 aromatic carbocycles. The summed E-state index contributed by atoms with van der Waals surface area (Å²) in [5.41, 5.74) is 7.45. The molecule has 3 aromatic rings. The Labute approximate surface area is 124 Å². The highest BCUT2D eigenvalue weighted by Gasteiger charge is 2.34. The van der Waals surface area contributed by atoms with Crippen LogP contribution in [-0.2, 0) is 0 Å².